The van der Waals surface area contributed by atoms with E-state index >= 15 is 0 Å². The Balaban J connectivity index is 3.69. The van der Waals surface area contributed by atoms with Gasteiger partial charge in [-0.2, -0.15) is 0 Å². The van der Waals surface area contributed by atoms with E-state index in [4.69, 9.17) is 116 Å². The molecule has 0 fully saturated rings. The highest BCUT2D eigenvalue weighted by Gasteiger charge is 2.52. The fourth-order valence-electron chi connectivity index (χ4n) is 1.93. The number of halogens is 10. The van der Waals surface area contributed by atoms with E-state index in [1.165, 1.54) is 0 Å². The van der Waals surface area contributed by atoms with Crippen molar-refractivity contribution in [1.82, 2.24) is 0 Å². The van der Waals surface area contributed by atoms with Gasteiger partial charge < -0.3 is 0 Å². The van der Waals surface area contributed by atoms with E-state index in [0.717, 1.165) is 0 Å². The van der Waals surface area contributed by atoms with Crippen LogP contribution in [0.1, 0.15) is 23.1 Å². The summed E-state index contributed by atoms with van der Waals surface area (Å²) in [6.07, 6.45) is 0.826. The lowest BCUT2D eigenvalue weighted by atomic mass is 9.93. The van der Waals surface area contributed by atoms with Crippen LogP contribution in [0.25, 0.3) is 0 Å². The molecule has 131 valence electrons. The summed E-state index contributed by atoms with van der Waals surface area (Å²) >= 11 is 60.5. The van der Waals surface area contributed by atoms with Crippen LogP contribution in [0.4, 0.5) is 0 Å². The maximum atomic E-state index is 6.28. The van der Waals surface area contributed by atoms with Gasteiger partial charge in [0.2, 0.25) is 7.59 Å². The summed E-state index contributed by atoms with van der Waals surface area (Å²) in [5, 5.41) is 0. The zero-order valence-electron chi connectivity index (χ0n) is 11.1. The zero-order chi connectivity index (χ0) is 18.3. The number of rotatable bonds is 4. The SMILES string of the molecule is [CH2]CCc1c(C(Cl)(Cl)C(Cl)(Cl)Cl)cccc1C(Cl)(Cl)C(Cl)(Cl)Cl. The number of alkyl halides is 10. The maximum Gasteiger partial charge on any atom is 0.227 e. The van der Waals surface area contributed by atoms with Gasteiger partial charge in [0, 0.05) is 0 Å². The molecule has 1 aromatic carbocycles. The standard InChI is InChI=1S/C13H9Cl10/c1-2-4-7-8(10(14,15)12(18,19)20)5-3-6-9(7)11(16,17)13(21,22)23/h3,5-6H,1-2,4H2. The zero-order valence-corrected chi connectivity index (χ0v) is 18.7. The van der Waals surface area contributed by atoms with E-state index in [0.29, 0.717) is 29.5 Å². The molecule has 1 aromatic rings. The molecule has 0 aliphatic heterocycles. The third-order valence-corrected chi connectivity index (χ3v) is 7.80. The van der Waals surface area contributed by atoms with Gasteiger partial charge in [0.05, 0.1) is 0 Å². The summed E-state index contributed by atoms with van der Waals surface area (Å²) < 4.78 is -7.80. The molecule has 0 saturated carbocycles. The van der Waals surface area contributed by atoms with E-state index in [1.54, 1.807) is 18.2 Å². The second-order valence-electron chi connectivity index (χ2n) is 4.58. The Morgan fingerprint density at radius 3 is 1.30 bits per heavy atom. The Kier molecular flexibility index (Phi) is 8.07. The van der Waals surface area contributed by atoms with Crippen molar-refractivity contribution in [3.05, 3.63) is 41.8 Å². The van der Waals surface area contributed by atoms with Crippen molar-refractivity contribution in [1.29, 1.82) is 0 Å². The first-order valence-electron chi connectivity index (χ1n) is 5.99. The molecule has 10 heteroatoms. The second-order valence-corrected chi connectivity index (χ2v) is 11.8. The first kappa shape index (κ1) is 23.2. The molecule has 0 bridgehead atoms. The molecule has 0 aromatic heterocycles. The summed E-state index contributed by atoms with van der Waals surface area (Å²) in [5.74, 6) is 0. The Labute approximate surface area is 185 Å². The molecule has 0 heterocycles. The molecule has 0 aliphatic carbocycles. The van der Waals surface area contributed by atoms with Crippen molar-refractivity contribution < 1.29 is 0 Å². The van der Waals surface area contributed by atoms with Crippen molar-refractivity contribution in [2.24, 2.45) is 0 Å². The highest BCUT2D eigenvalue weighted by atomic mass is 35.6. The summed E-state index contributed by atoms with van der Waals surface area (Å²) in [4.78, 5) is 0. The van der Waals surface area contributed by atoms with Gasteiger partial charge in [0.1, 0.15) is 0 Å². The van der Waals surface area contributed by atoms with Crippen LogP contribution >= 0.6 is 116 Å². The molecule has 0 nitrogen and oxygen atoms in total. The predicted molar refractivity (Wildman–Crippen MR) is 107 cm³/mol. The molecule has 0 aliphatic rings. The van der Waals surface area contributed by atoms with Gasteiger partial charge in [0.15, 0.2) is 8.67 Å². The molecular weight excluding hydrogens is 511 g/mol. The van der Waals surface area contributed by atoms with Crippen LogP contribution in [0.2, 0.25) is 0 Å². The van der Waals surface area contributed by atoms with Gasteiger partial charge in [-0.1, -0.05) is 141 Å². The third kappa shape index (κ3) is 4.89. The summed E-state index contributed by atoms with van der Waals surface area (Å²) in [5.41, 5.74) is 1.08. The lowest BCUT2D eigenvalue weighted by molar-refractivity contribution is 0.798. The first-order chi connectivity index (χ1) is 10.2. The summed E-state index contributed by atoms with van der Waals surface area (Å²) in [6.45, 7) is 3.78. The maximum absolute atomic E-state index is 6.28. The topological polar surface area (TPSA) is 0 Å². The molecular formula is C13H9Cl10. The summed E-state index contributed by atoms with van der Waals surface area (Å²) in [6, 6.07) is 4.74. The second kappa shape index (κ2) is 8.01. The van der Waals surface area contributed by atoms with Crippen LogP contribution in [-0.2, 0) is 15.1 Å². The minimum Gasteiger partial charge on any atom is -0.0915 e. The number of hydrogen-bond acceptors (Lipinski definition) is 0. The Hall–Kier alpha value is 2.12. The molecule has 0 spiro atoms. The van der Waals surface area contributed by atoms with Gasteiger partial charge in [-0.25, -0.2) is 0 Å². The third-order valence-electron chi connectivity index (χ3n) is 2.99. The van der Waals surface area contributed by atoms with Crippen LogP contribution in [-0.4, -0.2) is 7.59 Å². The van der Waals surface area contributed by atoms with E-state index in [1.807, 2.05) is 0 Å². The van der Waals surface area contributed by atoms with E-state index in [2.05, 4.69) is 6.92 Å². The largest absolute Gasteiger partial charge is 0.227 e. The van der Waals surface area contributed by atoms with Gasteiger partial charge in [-0.05, 0) is 29.5 Å². The summed E-state index contributed by atoms with van der Waals surface area (Å²) in [7, 11) is 0. The number of hydrogen-bond donors (Lipinski definition) is 0. The van der Waals surface area contributed by atoms with Crippen LogP contribution < -0.4 is 0 Å². The Morgan fingerprint density at radius 2 is 1.04 bits per heavy atom. The molecule has 0 N–H and O–H groups in total. The quantitative estimate of drug-likeness (QED) is 0.350. The molecule has 0 unspecified atom stereocenters. The van der Waals surface area contributed by atoms with Crippen LogP contribution in [0.5, 0.6) is 0 Å². The Bertz CT molecular complexity index is 509. The molecule has 0 amide bonds. The van der Waals surface area contributed by atoms with Crippen molar-refractivity contribution in [3.63, 3.8) is 0 Å². The van der Waals surface area contributed by atoms with Crippen LogP contribution in [0.15, 0.2) is 18.2 Å². The van der Waals surface area contributed by atoms with E-state index < -0.39 is 16.3 Å². The highest BCUT2D eigenvalue weighted by Crippen LogP contribution is 2.58. The van der Waals surface area contributed by atoms with Gasteiger partial charge in [-0.15, -0.1) is 0 Å². The van der Waals surface area contributed by atoms with E-state index in [9.17, 15) is 0 Å². The van der Waals surface area contributed by atoms with Gasteiger partial charge in [0.25, 0.3) is 0 Å². The minimum absolute atomic E-state index is 0.293. The molecule has 23 heavy (non-hydrogen) atoms. The van der Waals surface area contributed by atoms with Gasteiger partial charge >= 0.3 is 0 Å². The van der Waals surface area contributed by atoms with Crippen molar-refractivity contribution in [2.45, 2.75) is 29.1 Å². The minimum atomic E-state index is -2.02. The van der Waals surface area contributed by atoms with Crippen molar-refractivity contribution in [2.75, 3.05) is 0 Å². The van der Waals surface area contributed by atoms with Crippen LogP contribution in [0, 0.1) is 6.92 Å². The normalized spacial score (nSPS) is 14.2. The van der Waals surface area contributed by atoms with Crippen LogP contribution in [0.3, 0.4) is 0 Å². The first-order valence-corrected chi connectivity index (χ1v) is 9.77. The fraction of sp³-hybridized carbons (Fsp3) is 0.462. The number of benzene rings is 1. The van der Waals surface area contributed by atoms with Crippen molar-refractivity contribution >= 4 is 116 Å². The smallest absolute Gasteiger partial charge is 0.0915 e. The Morgan fingerprint density at radius 1 is 0.696 bits per heavy atom. The molecule has 1 radical (unpaired) electrons. The monoisotopic (exact) mass is 515 g/mol. The lowest BCUT2D eigenvalue weighted by Gasteiger charge is -2.34. The highest BCUT2D eigenvalue weighted by molar-refractivity contribution is 6.76. The molecule has 1 rings (SSSR count). The average Bonchev–Trinajstić information content (AvgIpc) is 2.36. The predicted octanol–water partition coefficient (Wildman–Crippen LogP) is 8.45. The van der Waals surface area contributed by atoms with E-state index in [-0.39, 0.29) is 0 Å². The lowest BCUT2D eigenvalue weighted by Crippen LogP contribution is -2.33. The fourth-order valence-corrected chi connectivity index (χ4v) is 3.25. The molecule has 0 atom stereocenters. The average molecular weight is 520 g/mol. The van der Waals surface area contributed by atoms with Gasteiger partial charge in [-0.3, -0.25) is 0 Å². The molecule has 0 saturated heterocycles. The van der Waals surface area contributed by atoms with Crippen molar-refractivity contribution in [3.8, 4) is 0 Å².